The molecule has 1 amide bonds. The first kappa shape index (κ1) is 22.5. The molecule has 0 unspecified atom stereocenters. The molecule has 2 aromatic carbocycles. The van der Waals surface area contributed by atoms with Gasteiger partial charge in [-0.3, -0.25) is 9.59 Å². The molecule has 0 aliphatic rings. The maximum absolute atomic E-state index is 13.2. The number of amides is 1. The van der Waals surface area contributed by atoms with Crippen molar-refractivity contribution in [2.45, 2.75) is 26.4 Å². The van der Waals surface area contributed by atoms with Crippen molar-refractivity contribution in [1.29, 1.82) is 0 Å². The molecule has 7 nitrogen and oxygen atoms in total. The van der Waals surface area contributed by atoms with Crippen LogP contribution in [0.5, 0.6) is 5.75 Å². The number of nitrogens with zero attached hydrogens (tertiary/aromatic N) is 3. The van der Waals surface area contributed by atoms with Crippen molar-refractivity contribution < 1.29 is 13.9 Å². The maximum Gasteiger partial charge on any atom is 0.276 e. The van der Waals surface area contributed by atoms with Crippen LogP contribution in [0.15, 0.2) is 65.7 Å². The molecule has 0 atom stereocenters. The molecule has 9 heteroatoms. The summed E-state index contributed by atoms with van der Waals surface area (Å²) in [6.07, 6.45) is 3.41. The summed E-state index contributed by atoms with van der Waals surface area (Å²) in [4.78, 5) is 25.1. The number of hydrogen-bond acceptors (Lipinski definition) is 4. The Morgan fingerprint density at radius 3 is 2.67 bits per heavy atom. The molecule has 0 fully saturated rings. The van der Waals surface area contributed by atoms with Crippen LogP contribution in [0.2, 0.25) is 5.02 Å². The van der Waals surface area contributed by atoms with Crippen molar-refractivity contribution in [3.05, 3.63) is 87.7 Å². The third kappa shape index (κ3) is 5.23. The van der Waals surface area contributed by atoms with Crippen LogP contribution in [0.1, 0.15) is 18.9 Å². The van der Waals surface area contributed by atoms with E-state index in [1.165, 1.54) is 21.2 Å². The summed E-state index contributed by atoms with van der Waals surface area (Å²) in [6.45, 7) is 2.95. The van der Waals surface area contributed by atoms with Crippen molar-refractivity contribution in [1.82, 2.24) is 19.5 Å². The largest absolute Gasteiger partial charge is 0.494 e. The van der Waals surface area contributed by atoms with Gasteiger partial charge in [-0.15, -0.1) is 0 Å². The summed E-state index contributed by atoms with van der Waals surface area (Å²) in [5.41, 5.74) is 2.41. The summed E-state index contributed by atoms with van der Waals surface area (Å²) in [5.74, 6) is 0.0334. The van der Waals surface area contributed by atoms with Gasteiger partial charge < -0.3 is 14.6 Å². The normalized spacial score (nSPS) is 11.0. The molecule has 0 aliphatic heterocycles. The number of nitrogens with one attached hydrogen (secondary N) is 1. The molecule has 0 aliphatic carbocycles. The van der Waals surface area contributed by atoms with E-state index in [0.717, 1.165) is 11.3 Å². The Kier molecular flexibility index (Phi) is 6.74. The number of hydrogen-bond donors (Lipinski definition) is 1. The number of fused-ring (bicyclic) bond motifs is 1. The number of benzene rings is 2. The van der Waals surface area contributed by atoms with Crippen molar-refractivity contribution in [3.63, 3.8) is 0 Å². The molecule has 170 valence electrons. The van der Waals surface area contributed by atoms with Crippen LogP contribution >= 0.6 is 11.6 Å². The fourth-order valence-corrected chi connectivity index (χ4v) is 3.60. The summed E-state index contributed by atoms with van der Waals surface area (Å²) < 4.78 is 21.7. The van der Waals surface area contributed by atoms with Crippen molar-refractivity contribution in [3.8, 4) is 17.0 Å². The number of aromatic nitrogens is 3. The molecule has 0 saturated carbocycles. The highest BCUT2D eigenvalue weighted by molar-refractivity contribution is 6.30. The van der Waals surface area contributed by atoms with E-state index in [1.807, 2.05) is 31.2 Å². The number of halogens is 2. The summed E-state index contributed by atoms with van der Waals surface area (Å²) in [7, 11) is 0. The quantitative estimate of drug-likeness (QED) is 0.423. The van der Waals surface area contributed by atoms with E-state index in [2.05, 4.69) is 10.4 Å². The number of ether oxygens (including phenoxy) is 1. The van der Waals surface area contributed by atoms with E-state index in [4.69, 9.17) is 16.3 Å². The molecule has 33 heavy (non-hydrogen) atoms. The Hall–Kier alpha value is -3.65. The zero-order chi connectivity index (χ0) is 23.4. The minimum Gasteiger partial charge on any atom is -0.494 e. The van der Waals surface area contributed by atoms with Crippen LogP contribution in [0, 0.1) is 5.82 Å². The maximum atomic E-state index is 13.2. The molecular formula is C24H22ClFN4O3. The van der Waals surface area contributed by atoms with Crippen molar-refractivity contribution in [2.75, 3.05) is 6.61 Å². The van der Waals surface area contributed by atoms with E-state index in [0.29, 0.717) is 23.4 Å². The van der Waals surface area contributed by atoms with Crippen LogP contribution in [0.25, 0.3) is 16.8 Å². The lowest BCUT2D eigenvalue weighted by atomic mass is 10.1. The Bertz CT molecular complexity index is 1350. The van der Waals surface area contributed by atoms with Gasteiger partial charge in [0.15, 0.2) is 0 Å². The fraction of sp³-hybridized carbons (Fsp3) is 0.208. The molecule has 2 heterocycles. The molecule has 4 aromatic rings. The van der Waals surface area contributed by atoms with Crippen LogP contribution in [0.4, 0.5) is 4.39 Å². The first-order valence-corrected chi connectivity index (χ1v) is 10.8. The first-order chi connectivity index (χ1) is 15.9. The van der Waals surface area contributed by atoms with Gasteiger partial charge in [0.1, 0.15) is 17.1 Å². The summed E-state index contributed by atoms with van der Waals surface area (Å²) >= 11 is 5.76. The minimum atomic E-state index is -0.507. The van der Waals surface area contributed by atoms with Crippen molar-refractivity contribution in [2.24, 2.45) is 0 Å². The van der Waals surface area contributed by atoms with Gasteiger partial charge in [0, 0.05) is 37.5 Å². The van der Waals surface area contributed by atoms with E-state index < -0.39 is 5.82 Å². The number of carbonyl (C=O) groups excluding carboxylic acids is 1. The lowest BCUT2D eigenvalue weighted by Crippen LogP contribution is -2.27. The molecule has 0 bridgehead atoms. The molecule has 0 saturated heterocycles. The molecule has 0 radical (unpaired) electrons. The molecule has 2 aromatic heterocycles. The van der Waals surface area contributed by atoms with Gasteiger partial charge in [0.25, 0.3) is 5.56 Å². The zero-order valence-corrected chi connectivity index (χ0v) is 18.7. The Morgan fingerprint density at radius 2 is 1.94 bits per heavy atom. The highest BCUT2D eigenvalue weighted by Gasteiger charge is 2.11. The first-order valence-electron chi connectivity index (χ1n) is 10.5. The molecule has 4 rings (SSSR count). The van der Waals surface area contributed by atoms with Gasteiger partial charge in [-0.05, 0) is 55.0 Å². The predicted octanol–water partition coefficient (Wildman–Crippen LogP) is 4.06. The van der Waals surface area contributed by atoms with Gasteiger partial charge in [-0.25, -0.2) is 8.91 Å². The minimum absolute atomic E-state index is 0.00650. The second kappa shape index (κ2) is 9.87. The van der Waals surface area contributed by atoms with E-state index in [9.17, 15) is 14.0 Å². The smallest absolute Gasteiger partial charge is 0.276 e. The van der Waals surface area contributed by atoms with Gasteiger partial charge in [-0.1, -0.05) is 17.7 Å². The number of aryl methyl sites for hydroxylation is 1. The predicted molar refractivity (Wildman–Crippen MR) is 124 cm³/mol. The monoisotopic (exact) mass is 468 g/mol. The van der Waals surface area contributed by atoms with E-state index >= 15 is 0 Å². The third-order valence-corrected chi connectivity index (χ3v) is 5.41. The topological polar surface area (TPSA) is 77.6 Å². The Balaban J connectivity index is 1.41. The summed E-state index contributed by atoms with van der Waals surface area (Å²) in [5, 5.41) is 7.23. The lowest BCUT2D eigenvalue weighted by Gasteiger charge is -2.08. The molecule has 1 N–H and O–H groups in total. The number of carbonyl (C=O) groups is 1. The Labute approximate surface area is 194 Å². The lowest BCUT2D eigenvalue weighted by molar-refractivity contribution is -0.121. The SMILES string of the molecule is CCOc1ccc(-c2cc3c(=O)n(CCC(=O)NCc4ccc(F)c(Cl)c4)ccn3n2)cc1. The van der Waals surface area contributed by atoms with Gasteiger partial charge in [0.2, 0.25) is 5.91 Å². The van der Waals surface area contributed by atoms with E-state index in [-0.39, 0.29) is 36.0 Å². The summed E-state index contributed by atoms with van der Waals surface area (Å²) in [6, 6.07) is 13.5. The highest BCUT2D eigenvalue weighted by atomic mass is 35.5. The number of rotatable bonds is 8. The van der Waals surface area contributed by atoms with Gasteiger partial charge in [-0.2, -0.15) is 5.10 Å². The Morgan fingerprint density at radius 1 is 1.15 bits per heavy atom. The van der Waals surface area contributed by atoms with Crippen molar-refractivity contribution >= 4 is 23.0 Å². The van der Waals surface area contributed by atoms with Gasteiger partial charge in [0.05, 0.1) is 17.3 Å². The average Bonchev–Trinajstić information content (AvgIpc) is 3.25. The zero-order valence-electron chi connectivity index (χ0n) is 17.9. The van der Waals surface area contributed by atoms with Crippen LogP contribution in [0.3, 0.4) is 0 Å². The third-order valence-electron chi connectivity index (χ3n) is 5.12. The van der Waals surface area contributed by atoms with Gasteiger partial charge >= 0.3 is 0 Å². The molecular weight excluding hydrogens is 447 g/mol. The van der Waals surface area contributed by atoms with Crippen LogP contribution < -0.4 is 15.6 Å². The fourth-order valence-electron chi connectivity index (χ4n) is 3.39. The second-order valence-corrected chi connectivity index (χ2v) is 7.80. The highest BCUT2D eigenvalue weighted by Crippen LogP contribution is 2.22. The standard InChI is InChI=1S/C24H22ClFN4O3/c1-2-33-18-6-4-17(5-7-18)21-14-22-24(32)29(11-12-30(22)28-21)10-9-23(31)27-15-16-3-8-20(26)19(25)13-16/h3-8,11-14H,2,9-10,15H2,1H3,(H,27,31). The van der Waals surface area contributed by atoms with Crippen LogP contribution in [-0.2, 0) is 17.9 Å². The van der Waals surface area contributed by atoms with Crippen LogP contribution in [-0.4, -0.2) is 26.7 Å². The average molecular weight is 469 g/mol. The second-order valence-electron chi connectivity index (χ2n) is 7.39. The molecule has 0 spiro atoms. The van der Waals surface area contributed by atoms with E-state index in [1.54, 1.807) is 24.5 Å².